The van der Waals surface area contributed by atoms with Gasteiger partial charge in [0.15, 0.2) is 0 Å². The van der Waals surface area contributed by atoms with Crippen LogP contribution in [0.3, 0.4) is 0 Å². The molecule has 1 aromatic carbocycles. The molecule has 112 valence electrons. The van der Waals surface area contributed by atoms with Gasteiger partial charge in [-0.15, -0.1) is 0 Å². The van der Waals surface area contributed by atoms with Crippen LogP contribution < -0.4 is 0 Å². The Morgan fingerprint density at radius 3 is 2.86 bits per heavy atom. The zero-order chi connectivity index (χ0) is 14.6. The fourth-order valence-electron chi connectivity index (χ4n) is 3.97. The number of nitrogens with one attached hydrogen (secondary N) is 1. The smallest absolute Gasteiger partial charge is 0.358 e. The second-order valence-electron chi connectivity index (χ2n) is 6.09. The fourth-order valence-corrected chi connectivity index (χ4v) is 3.97. The summed E-state index contributed by atoms with van der Waals surface area (Å²) in [5, 5.41) is 0.390. The van der Waals surface area contributed by atoms with Crippen LogP contribution in [-0.4, -0.2) is 29.0 Å². The normalized spacial score (nSPS) is 23.1. The Kier molecular flexibility index (Phi) is 2.83. The number of halogens is 3. The van der Waals surface area contributed by atoms with Gasteiger partial charge in [0.05, 0.1) is 5.56 Å². The van der Waals surface area contributed by atoms with Gasteiger partial charge in [0, 0.05) is 35.6 Å². The van der Waals surface area contributed by atoms with Crippen LogP contribution >= 0.6 is 0 Å². The maximum atomic E-state index is 13.3. The van der Waals surface area contributed by atoms with Crippen molar-refractivity contribution in [3.05, 3.63) is 35.0 Å². The van der Waals surface area contributed by atoms with Crippen LogP contribution in [0.25, 0.3) is 10.9 Å². The van der Waals surface area contributed by atoms with Crippen molar-refractivity contribution in [1.82, 2.24) is 9.88 Å². The SMILES string of the molecule is FC(F)(F)c1cccc2[nH]c3c(c12)CCN1CCCC1C3. The molecule has 21 heavy (non-hydrogen) atoms. The number of alkyl halides is 3. The summed E-state index contributed by atoms with van der Waals surface area (Å²) in [5.41, 5.74) is 2.02. The zero-order valence-electron chi connectivity index (χ0n) is 11.6. The van der Waals surface area contributed by atoms with E-state index < -0.39 is 11.7 Å². The third kappa shape index (κ3) is 2.06. The predicted octanol–water partition coefficient (Wildman–Crippen LogP) is 3.75. The molecule has 2 aliphatic heterocycles. The quantitative estimate of drug-likeness (QED) is 0.784. The summed E-state index contributed by atoms with van der Waals surface area (Å²) in [6.07, 6.45) is -0.382. The first-order valence-electron chi connectivity index (χ1n) is 7.48. The lowest BCUT2D eigenvalue weighted by atomic mass is 10.0. The Labute approximate surface area is 120 Å². The monoisotopic (exact) mass is 294 g/mol. The third-order valence-corrected chi connectivity index (χ3v) is 4.91. The first kappa shape index (κ1) is 13.2. The molecule has 2 aromatic rings. The van der Waals surface area contributed by atoms with E-state index in [1.807, 2.05) is 0 Å². The van der Waals surface area contributed by atoms with Gasteiger partial charge < -0.3 is 4.98 Å². The van der Waals surface area contributed by atoms with Gasteiger partial charge in [-0.2, -0.15) is 13.2 Å². The first-order valence-corrected chi connectivity index (χ1v) is 7.48. The molecule has 1 unspecified atom stereocenters. The molecule has 1 atom stereocenters. The molecule has 4 rings (SSSR count). The minimum atomic E-state index is -4.29. The van der Waals surface area contributed by atoms with Crippen LogP contribution in [0.15, 0.2) is 18.2 Å². The van der Waals surface area contributed by atoms with Crippen molar-refractivity contribution in [3.8, 4) is 0 Å². The number of H-pyrrole nitrogens is 1. The van der Waals surface area contributed by atoms with E-state index in [9.17, 15) is 13.2 Å². The molecule has 1 fully saturated rings. The van der Waals surface area contributed by atoms with Crippen molar-refractivity contribution in [2.75, 3.05) is 13.1 Å². The molecule has 2 aliphatic rings. The average molecular weight is 294 g/mol. The topological polar surface area (TPSA) is 19.0 Å². The van der Waals surface area contributed by atoms with Gasteiger partial charge in [-0.05, 0) is 43.5 Å². The van der Waals surface area contributed by atoms with Crippen LogP contribution in [0.5, 0.6) is 0 Å². The summed E-state index contributed by atoms with van der Waals surface area (Å²) in [6.45, 7) is 1.95. The molecule has 0 spiro atoms. The van der Waals surface area contributed by atoms with E-state index in [2.05, 4.69) is 9.88 Å². The Morgan fingerprint density at radius 1 is 1.19 bits per heavy atom. The highest BCUT2D eigenvalue weighted by atomic mass is 19.4. The molecule has 1 saturated heterocycles. The fraction of sp³-hybridized carbons (Fsp3) is 0.500. The van der Waals surface area contributed by atoms with Crippen molar-refractivity contribution in [2.45, 2.75) is 37.9 Å². The minimum Gasteiger partial charge on any atom is -0.358 e. The lowest BCUT2D eigenvalue weighted by molar-refractivity contribution is -0.136. The van der Waals surface area contributed by atoms with E-state index in [1.165, 1.54) is 18.6 Å². The summed E-state index contributed by atoms with van der Waals surface area (Å²) in [7, 11) is 0. The van der Waals surface area contributed by atoms with Gasteiger partial charge in [0.1, 0.15) is 0 Å². The van der Waals surface area contributed by atoms with Gasteiger partial charge in [-0.3, -0.25) is 4.90 Å². The molecule has 1 aromatic heterocycles. The van der Waals surface area contributed by atoms with Gasteiger partial charge in [-0.1, -0.05) is 6.07 Å². The van der Waals surface area contributed by atoms with Crippen molar-refractivity contribution in [3.63, 3.8) is 0 Å². The van der Waals surface area contributed by atoms with Crippen molar-refractivity contribution >= 4 is 10.9 Å². The number of nitrogens with zero attached hydrogens (tertiary/aromatic N) is 1. The predicted molar refractivity (Wildman–Crippen MR) is 75.3 cm³/mol. The van der Waals surface area contributed by atoms with Crippen LogP contribution in [0, 0.1) is 0 Å². The lowest BCUT2D eigenvalue weighted by Crippen LogP contribution is -2.30. The summed E-state index contributed by atoms with van der Waals surface area (Å²) in [6, 6.07) is 4.94. The molecule has 5 heteroatoms. The highest BCUT2D eigenvalue weighted by Crippen LogP contribution is 2.39. The highest BCUT2D eigenvalue weighted by Gasteiger charge is 2.36. The second-order valence-corrected chi connectivity index (χ2v) is 6.09. The summed E-state index contributed by atoms with van der Waals surface area (Å²) < 4.78 is 39.8. The largest absolute Gasteiger partial charge is 0.417 e. The minimum absolute atomic E-state index is 0.390. The number of hydrogen-bond donors (Lipinski definition) is 1. The van der Waals surface area contributed by atoms with Crippen LogP contribution in [-0.2, 0) is 19.0 Å². The van der Waals surface area contributed by atoms with E-state index in [0.717, 1.165) is 37.2 Å². The summed E-state index contributed by atoms with van der Waals surface area (Å²) in [5.74, 6) is 0. The van der Waals surface area contributed by atoms with Crippen LogP contribution in [0.1, 0.15) is 29.7 Å². The van der Waals surface area contributed by atoms with E-state index in [4.69, 9.17) is 0 Å². The van der Waals surface area contributed by atoms with E-state index in [0.29, 0.717) is 23.4 Å². The molecule has 3 heterocycles. The third-order valence-electron chi connectivity index (χ3n) is 4.91. The average Bonchev–Trinajstić information content (AvgIpc) is 2.96. The van der Waals surface area contributed by atoms with Crippen molar-refractivity contribution in [2.24, 2.45) is 0 Å². The number of aromatic amines is 1. The van der Waals surface area contributed by atoms with Gasteiger partial charge >= 0.3 is 6.18 Å². The maximum Gasteiger partial charge on any atom is 0.417 e. The van der Waals surface area contributed by atoms with Crippen molar-refractivity contribution in [1.29, 1.82) is 0 Å². The molecular weight excluding hydrogens is 277 g/mol. The van der Waals surface area contributed by atoms with Crippen molar-refractivity contribution < 1.29 is 13.2 Å². The number of aromatic nitrogens is 1. The Morgan fingerprint density at radius 2 is 2.05 bits per heavy atom. The molecule has 0 bridgehead atoms. The van der Waals surface area contributed by atoms with E-state index in [-0.39, 0.29) is 0 Å². The summed E-state index contributed by atoms with van der Waals surface area (Å²) in [4.78, 5) is 5.68. The Bertz CT molecular complexity index is 687. The number of benzene rings is 1. The van der Waals surface area contributed by atoms with Gasteiger partial charge in [0.25, 0.3) is 0 Å². The molecule has 2 nitrogen and oxygen atoms in total. The lowest BCUT2D eigenvalue weighted by Gasteiger charge is -2.20. The van der Waals surface area contributed by atoms with E-state index >= 15 is 0 Å². The Hall–Kier alpha value is -1.49. The number of hydrogen-bond acceptors (Lipinski definition) is 1. The van der Waals surface area contributed by atoms with E-state index in [1.54, 1.807) is 6.07 Å². The maximum absolute atomic E-state index is 13.3. The highest BCUT2D eigenvalue weighted by molar-refractivity contribution is 5.88. The standard InChI is InChI=1S/C16H17F3N2/c17-16(18,19)12-4-1-5-13-15(12)11-6-8-21-7-2-3-10(21)9-14(11)20-13/h1,4-5,10,20H,2-3,6-9H2. The molecule has 0 aliphatic carbocycles. The van der Waals surface area contributed by atoms with Gasteiger partial charge in [0.2, 0.25) is 0 Å². The molecule has 1 N–H and O–H groups in total. The number of fused-ring (bicyclic) bond motifs is 4. The second kappa shape index (κ2) is 4.50. The zero-order valence-corrected chi connectivity index (χ0v) is 11.6. The number of rotatable bonds is 0. The van der Waals surface area contributed by atoms with Gasteiger partial charge in [-0.25, -0.2) is 0 Å². The Balaban J connectivity index is 1.88. The molecule has 0 amide bonds. The molecule has 0 radical (unpaired) electrons. The summed E-state index contributed by atoms with van der Waals surface area (Å²) >= 11 is 0. The van der Waals surface area contributed by atoms with Crippen LogP contribution in [0.4, 0.5) is 13.2 Å². The molecular formula is C16H17F3N2. The first-order chi connectivity index (χ1) is 10.0. The molecule has 0 saturated carbocycles. The van der Waals surface area contributed by atoms with Crippen LogP contribution in [0.2, 0.25) is 0 Å².